The van der Waals surface area contributed by atoms with Crippen LogP contribution < -0.4 is 0 Å². The molecule has 19 heavy (non-hydrogen) atoms. The summed E-state index contributed by atoms with van der Waals surface area (Å²) in [6.07, 6.45) is 1.63. The molecular formula is C14H23NO3S. The molecule has 0 atom stereocenters. The van der Waals surface area contributed by atoms with Crippen molar-refractivity contribution in [3.8, 4) is 0 Å². The molecule has 5 heteroatoms. The second-order valence-corrected chi connectivity index (χ2v) is 6.60. The lowest BCUT2D eigenvalue weighted by molar-refractivity contribution is 0.281. The SMILES string of the molecule is CCCN(CCC)S(=O)(=O)Cc1cccc(CO)c1. The number of sulfonamides is 1. The Morgan fingerprint density at radius 2 is 1.68 bits per heavy atom. The molecule has 4 nitrogen and oxygen atoms in total. The number of rotatable bonds is 8. The average Bonchev–Trinajstić information content (AvgIpc) is 2.38. The van der Waals surface area contributed by atoms with Gasteiger partial charge in [-0.3, -0.25) is 0 Å². The van der Waals surface area contributed by atoms with Crippen molar-refractivity contribution in [3.05, 3.63) is 35.4 Å². The highest BCUT2D eigenvalue weighted by molar-refractivity contribution is 7.88. The van der Waals surface area contributed by atoms with Gasteiger partial charge in [-0.2, -0.15) is 0 Å². The van der Waals surface area contributed by atoms with Crippen LogP contribution in [0.5, 0.6) is 0 Å². The van der Waals surface area contributed by atoms with Gasteiger partial charge in [0.05, 0.1) is 12.4 Å². The third kappa shape index (κ3) is 4.93. The highest BCUT2D eigenvalue weighted by Crippen LogP contribution is 2.13. The zero-order chi connectivity index (χ0) is 14.3. The Hall–Kier alpha value is -0.910. The van der Waals surface area contributed by atoms with Crippen LogP contribution in [0.3, 0.4) is 0 Å². The van der Waals surface area contributed by atoms with Gasteiger partial charge in [0.25, 0.3) is 0 Å². The first-order valence-electron chi connectivity index (χ1n) is 6.70. The second kappa shape index (κ2) is 7.62. The summed E-state index contributed by atoms with van der Waals surface area (Å²) in [5.41, 5.74) is 1.47. The molecule has 0 saturated carbocycles. The maximum absolute atomic E-state index is 12.3. The highest BCUT2D eigenvalue weighted by atomic mass is 32.2. The van der Waals surface area contributed by atoms with Gasteiger partial charge < -0.3 is 5.11 Å². The van der Waals surface area contributed by atoms with Crippen LogP contribution in [0.15, 0.2) is 24.3 Å². The summed E-state index contributed by atoms with van der Waals surface area (Å²) in [7, 11) is -3.27. The molecule has 108 valence electrons. The number of hydrogen-bond acceptors (Lipinski definition) is 3. The highest BCUT2D eigenvalue weighted by Gasteiger charge is 2.20. The van der Waals surface area contributed by atoms with E-state index in [1.54, 1.807) is 28.6 Å². The van der Waals surface area contributed by atoms with Crippen molar-refractivity contribution in [1.82, 2.24) is 4.31 Å². The topological polar surface area (TPSA) is 57.6 Å². The van der Waals surface area contributed by atoms with E-state index in [2.05, 4.69) is 0 Å². The average molecular weight is 285 g/mol. The Balaban J connectivity index is 2.87. The third-order valence-corrected chi connectivity index (χ3v) is 4.71. The van der Waals surface area contributed by atoms with Crippen molar-refractivity contribution in [2.75, 3.05) is 13.1 Å². The molecule has 0 radical (unpaired) electrons. The zero-order valence-corrected chi connectivity index (χ0v) is 12.5. The zero-order valence-electron chi connectivity index (χ0n) is 11.7. The Morgan fingerprint density at radius 1 is 1.11 bits per heavy atom. The molecule has 0 aromatic heterocycles. The maximum Gasteiger partial charge on any atom is 0.218 e. The predicted octanol–water partition coefficient (Wildman–Crippen LogP) is 2.13. The normalized spacial score (nSPS) is 12.0. The molecule has 0 bridgehead atoms. The molecule has 0 aliphatic carbocycles. The van der Waals surface area contributed by atoms with Crippen LogP contribution in [0.2, 0.25) is 0 Å². The molecule has 1 N–H and O–H groups in total. The van der Waals surface area contributed by atoms with Crippen molar-refractivity contribution in [1.29, 1.82) is 0 Å². The van der Waals surface area contributed by atoms with E-state index in [1.165, 1.54) is 0 Å². The molecule has 0 amide bonds. The summed E-state index contributed by atoms with van der Waals surface area (Å²) in [4.78, 5) is 0. The Kier molecular flexibility index (Phi) is 6.48. The molecule has 0 saturated heterocycles. The van der Waals surface area contributed by atoms with E-state index in [0.717, 1.165) is 24.0 Å². The molecule has 1 aromatic rings. The van der Waals surface area contributed by atoms with E-state index in [9.17, 15) is 8.42 Å². The maximum atomic E-state index is 12.3. The minimum atomic E-state index is -3.27. The fourth-order valence-electron chi connectivity index (χ4n) is 2.01. The summed E-state index contributed by atoms with van der Waals surface area (Å²) >= 11 is 0. The van der Waals surface area contributed by atoms with Gasteiger partial charge in [-0.05, 0) is 24.0 Å². The van der Waals surface area contributed by atoms with Gasteiger partial charge in [0.2, 0.25) is 10.0 Å². The lowest BCUT2D eigenvalue weighted by Gasteiger charge is -2.21. The van der Waals surface area contributed by atoms with E-state index in [4.69, 9.17) is 5.11 Å². The van der Waals surface area contributed by atoms with Gasteiger partial charge in [-0.15, -0.1) is 0 Å². The van der Waals surface area contributed by atoms with Crippen LogP contribution in [-0.2, 0) is 22.4 Å². The first-order chi connectivity index (χ1) is 9.03. The van der Waals surface area contributed by atoms with Gasteiger partial charge in [-0.25, -0.2) is 12.7 Å². The Bertz CT molecular complexity index is 479. The van der Waals surface area contributed by atoms with E-state index >= 15 is 0 Å². The smallest absolute Gasteiger partial charge is 0.218 e. The standard InChI is InChI=1S/C14H23NO3S/c1-3-8-15(9-4-2)19(17,18)12-14-7-5-6-13(10-14)11-16/h5-7,10,16H,3-4,8-9,11-12H2,1-2H3. The lowest BCUT2D eigenvalue weighted by Crippen LogP contribution is -2.33. The second-order valence-electron chi connectivity index (χ2n) is 4.63. The summed E-state index contributed by atoms with van der Waals surface area (Å²) in [6.45, 7) is 5.02. The summed E-state index contributed by atoms with van der Waals surface area (Å²) in [6, 6.07) is 7.09. The number of hydrogen-bond donors (Lipinski definition) is 1. The Labute approximate surface area is 116 Å². The summed E-state index contributed by atoms with van der Waals surface area (Å²) in [5, 5.41) is 9.08. The summed E-state index contributed by atoms with van der Waals surface area (Å²) in [5.74, 6) is 0.000833. The van der Waals surface area contributed by atoms with Crippen molar-refractivity contribution in [2.24, 2.45) is 0 Å². The molecule has 1 aromatic carbocycles. The van der Waals surface area contributed by atoms with E-state index in [0.29, 0.717) is 13.1 Å². The molecule has 0 aliphatic heterocycles. The van der Waals surface area contributed by atoms with Crippen LogP contribution in [-0.4, -0.2) is 30.9 Å². The quantitative estimate of drug-likeness (QED) is 0.796. The van der Waals surface area contributed by atoms with Crippen LogP contribution in [0.25, 0.3) is 0 Å². The predicted molar refractivity (Wildman–Crippen MR) is 77.1 cm³/mol. The molecule has 0 fully saturated rings. The summed E-state index contributed by atoms with van der Waals surface area (Å²) < 4.78 is 26.2. The number of nitrogens with zero attached hydrogens (tertiary/aromatic N) is 1. The van der Waals surface area contributed by atoms with Crippen molar-refractivity contribution < 1.29 is 13.5 Å². The van der Waals surface area contributed by atoms with Crippen molar-refractivity contribution in [3.63, 3.8) is 0 Å². The van der Waals surface area contributed by atoms with E-state index in [1.807, 2.05) is 13.8 Å². The largest absolute Gasteiger partial charge is 0.392 e. The molecule has 0 heterocycles. The van der Waals surface area contributed by atoms with Gasteiger partial charge >= 0.3 is 0 Å². The minimum absolute atomic E-state index is 0.000833. The van der Waals surface area contributed by atoms with Crippen molar-refractivity contribution >= 4 is 10.0 Å². The molecule has 0 unspecified atom stereocenters. The number of aliphatic hydroxyl groups excluding tert-OH is 1. The Morgan fingerprint density at radius 3 is 2.21 bits per heavy atom. The molecule has 0 spiro atoms. The number of aliphatic hydroxyl groups is 1. The lowest BCUT2D eigenvalue weighted by atomic mass is 10.1. The van der Waals surface area contributed by atoms with Crippen molar-refractivity contribution in [2.45, 2.75) is 39.0 Å². The van der Waals surface area contributed by atoms with E-state index < -0.39 is 10.0 Å². The first kappa shape index (κ1) is 16.1. The third-order valence-electron chi connectivity index (χ3n) is 2.86. The monoisotopic (exact) mass is 285 g/mol. The minimum Gasteiger partial charge on any atom is -0.392 e. The first-order valence-corrected chi connectivity index (χ1v) is 8.31. The fraction of sp³-hybridized carbons (Fsp3) is 0.571. The number of benzene rings is 1. The van der Waals surface area contributed by atoms with Gasteiger partial charge in [0.15, 0.2) is 0 Å². The van der Waals surface area contributed by atoms with Crippen LogP contribution in [0.4, 0.5) is 0 Å². The van der Waals surface area contributed by atoms with Crippen LogP contribution in [0.1, 0.15) is 37.8 Å². The molecule has 0 aliphatic rings. The molecule has 1 rings (SSSR count). The van der Waals surface area contributed by atoms with Gasteiger partial charge in [0.1, 0.15) is 0 Å². The van der Waals surface area contributed by atoms with Gasteiger partial charge in [0, 0.05) is 13.1 Å². The van der Waals surface area contributed by atoms with Gasteiger partial charge in [-0.1, -0.05) is 38.1 Å². The van der Waals surface area contributed by atoms with Crippen LogP contribution >= 0.6 is 0 Å². The van der Waals surface area contributed by atoms with Crippen LogP contribution in [0, 0.1) is 0 Å². The fourth-order valence-corrected chi connectivity index (χ4v) is 3.71. The molecular weight excluding hydrogens is 262 g/mol. The van der Waals surface area contributed by atoms with E-state index in [-0.39, 0.29) is 12.4 Å².